The minimum Gasteiger partial charge on any atom is -0.510 e. The van der Waals surface area contributed by atoms with Gasteiger partial charge in [0, 0.05) is 41.7 Å². The number of phenolic OH excluding ortho intramolecular Hbond substituents is 1. The number of nitrogens with one attached hydrogen (secondary N) is 2. The molecule has 268 valence electrons. The zero-order valence-electron chi connectivity index (χ0n) is 27.9. The second-order valence-electron chi connectivity index (χ2n) is 13.6. The summed E-state index contributed by atoms with van der Waals surface area (Å²) in [4.78, 5) is 54.2. The molecule has 2 aromatic rings. The standard InChI is InChI=1S/C34H37BN4O12/c1-13-16-4-5-17(37-7-6-19(40)38-15-10-14-12-51-35-25(14)18(11-15)49-8-9-50-35)27(41)21(16)28(42)22-20(13)29(43)24-26(39(2)3)30(44)23(33(36)47)32(46)34(24,48)31(22)45/h4-5,10-11,13,20,24,26,29,37,41,43-45,48H,6-9,12H2,1-3H3,(H2,36,47)(H,38,40)/t13-,20+,24+,26-,29-,34-/m0/s1. The van der Waals surface area contributed by atoms with Crippen molar-refractivity contribution in [1.29, 1.82) is 0 Å². The van der Waals surface area contributed by atoms with Crippen LogP contribution in [0.5, 0.6) is 11.5 Å². The van der Waals surface area contributed by atoms with Crippen LogP contribution in [-0.2, 0) is 30.3 Å². The molecule has 5 aliphatic rings. The first-order valence-corrected chi connectivity index (χ1v) is 16.4. The number of fused-ring (bicyclic) bond motifs is 3. The third-order valence-corrected chi connectivity index (χ3v) is 10.5. The Morgan fingerprint density at radius 1 is 1.12 bits per heavy atom. The Morgan fingerprint density at radius 2 is 1.86 bits per heavy atom. The van der Waals surface area contributed by atoms with Crippen molar-refractivity contribution in [3.05, 3.63) is 63.6 Å². The van der Waals surface area contributed by atoms with Gasteiger partial charge in [-0.15, -0.1) is 0 Å². The Morgan fingerprint density at radius 3 is 2.57 bits per heavy atom. The number of aliphatic hydroxyl groups excluding tert-OH is 3. The fraction of sp³-hybridized carbons (Fsp3) is 0.412. The normalized spacial score (nSPS) is 28.0. The number of aliphatic hydroxyl groups is 4. The van der Waals surface area contributed by atoms with Crippen molar-refractivity contribution in [3.63, 3.8) is 0 Å². The van der Waals surface area contributed by atoms with Crippen LogP contribution in [0.2, 0.25) is 0 Å². The van der Waals surface area contributed by atoms with Crippen LogP contribution in [0, 0.1) is 11.8 Å². The number of likely N-dealkylation sites (N-methyl/N-ethyl adjacent to an activating group) is 1. The maximum atomic E-state index is 14.1. The van der Waals surface area contributed by atoms with Crippen LogP contribution in [0.3, 0.4) is 0 Å². The van der Waals surface area contributed by atoms with Crippen molar-refractivity contribution in [2.24, 2.45) is 17.6 Å². The monoisotopic (exact) mass is 704 g/mol. The van der Waals surface area contributed by atoms with Crippen LogP contribution in [0.15, 0.2) is 46.9 Å². The highest BCUT2D eigenvalue weighted by Crippen LogP contribution is 2.56. The Hall–Kier alpha value is -4.94. The fourth-order valence-corrected chi connectivity index (χ4v) is 8.25. The first-order valence-electron chi connectivity index (χ1n) is 16.4. The molecule has 2 aromatic carbocycles. The number of nitrogens with two attached hydrogens (primary N) is 1. The first kappa shape index (κ1) is 34.5. The molecule has 2 aliphatic heterocycles. The van der Waals surface area contributed by atoms with Gasteiger partial charge in [-0.25, -0.2) is 0 Å². The average molecular weight is 704 g/mol. The minimum atomic E-state index is -3.01. The Balaban J connectivity index is 1.14. The molecule has 16 nitrogen and oxygen atoms in total. The van der Waals surface area contributed by atoms with Gasteiger partial charge in [0.1, 0.15) is 35.2 Å². The van der Waals surface area contributed by atoms with Crippen LogP contribution in [0.1, 0.15) is 40.7 Å². The highest BCUT2D eigenvalue weighted by Gasteiger charge is 2.67. The van der Waals surface area contributed by atoms with Gasteiger partial charge in [0.05, 0.1) is 42.5 Å². The number of amides is 2. The summed E-state index contributed by atoms with van der Waals surface area (Å²) in [6.45, 7) is 2.71. The number of aromatic hydroxyl groups is 1. The van der Waals surface area contributed by atoms with Gasteiger partial charge in [-0.3, -0.25) is 24.1 Å². The van der Waals surface area contributed by atoms with Crippen LogP contribution < -0.4 is 26.6 Å². The van der Waals surface area contributed by atoms with Crippen LogP contribution in [0.4, 0.5) is 11.4 Å². The number of benzene rings is 2. The Kier molecular flexibility index (Phi) is 8.38. The summed E-state index contributed by atoms with van der Waals surface area (Å²) in [6.07, 6.45) is -1.73. The molecule has 0 unspecified atom stereocenters. The number of rotatable bonds is 7. The number of ether oxygens (including phenoxy) is 1. The van der Waals surface area contributed by atoms with E-state index < -0.39 is 88.5 Å². The van der Waals surface area contributed by atoms with Crippen LogP contribution in [-0.4, -0.2) is 113 Å². The molecule has 0 fully saturated rings. The van der Waals surface area contributed by atoms with E-state index in [0.29, 0.717) is 36.8 Å². The van der Waals surface area contributed by atoms with Gasteiger partial charge in [0.25, 0.3) is 5.91 Å². The quantitative estimate of drug-likeness (QED) is 0.105. The zero-order chi connectivity index (χ0) is 36.7. The summed E-state index contributed by atoms with van der Waals surface area (Å²) >= 11 is 0. The van der Waals surface area contributed by atoms with E-state index in [0.717, 1.165) is 11.0 Å². The molecule has 0 saturated heterocycles. The lowest BCUT2D eigenvalue weighted by Crippen LogP contribution is -2.68. The number of hydrogen-bond acceptors (Lipinski definition) is 14. The number of ketones is 2. The second-order valence-corrected chi connectivity index (χ2v) is 13.6. The van der Waals surface area contributed by atoms with Gasteiger partial charge in [-0.05, 0) is 43.3 Å². The molecule has 17 heteroatoms. The lowest BCUT2D eigenvalue weighted by atomic mass is 9.55. The number of carbonyl (C=O) groups is 4. The number of Topliss-reactive ketones (excluding diaryl/α,β-unsaturated/α-hetero) is 2. The lowest BCUT2D eigenvalue weighted by molar-refractivity contribution is -0.162. The van der Waals surface area contributed by atoms with E-state index in [-0.39, 0.29) is 30.1 Å². The smallest absolute Gasteiger partial charge is 0.498 e. The molecule has 51 heavy (non-hydrogen) atoms. The number of carbonyl (C=O) groups excluding carboxylic acids is 4. The maximum absolute atomic E-state index is 14.1. The molecule has 0 saturated carbocycles. The van der Waals surface area contributed by atoms with Gasteiger partial charge >= 0.3 is 7.12 Å². The van der Waals surface area contributed by atoms with E-state index >= 15 is 0 Å². The van der Waals surface area contributed by atoms with Gasteiger partial charge in [-0.1, -0.05) is 13.0 Å². The predicted octanol–water partition coefficient (Wildman–Crippen LogP) is -0.272. The molecule has 0 radical (unpaired) electrons. The average Bonchev–Trinajstić information content (AvgIpc) is 3.36. The largest absolute Gasteiger partial charge is 0.510 e. The summed E-state index contributed by atoms with van der Waals surface area (Å²) in [5.74, 6) is -9.48. The predicted molar refractivity (Wildman–Crippen MR) is 180 cm³/mol. The van der Waals surface area contributed by atoms with E-state index in [1.807, 2.05) is 0 Å². The molecule has 3 aliphatic carbocycles. The molecule has 2 amide bonds. The number of nitrogens with zero attached hydrogens (tertiary/aromatic N) is 1. The molecular formula is C34H37BN4O12. The second kappa shape index (κ2) is 12.4. The lowest BCUT2D eigenvalue weighted by Gasteiger charge is -2.53. The highest BCUT2D eigenvalue weighted by molar-refractivity contribution is 6.64. The summed E-state index contributed by atoms with van der Waals surface area (Å²) in [5, 5.41) is 63.3. The molecule has 0 bridgehead atoms. The van der Waals surface area contributed by atoms with Crippen molar-refractivity contribution in [2.75, 3.05) is 44.5 Å². The van der Waals surface area contributed by atoms with E-state index in [2.05, 4.69) is 10.6 Å². The Labute approximate surface area is 291 Å². The van der Waals surface area contributed by atoms with Gasteiger partial charge in [0.15, 0.2) is 11.4 Å². The molecule has 9 N–H and O–H groups in total. The number of phenols is 1. The van der Waals surface area contributed by atoms with Gasteiger partial charge in [-0.2, -0.15) is 0 Å². The Bertz CT molecular complexity index is 1960. The van der Waals surface area contributed by atoms with Crippen molar-refractivity contribution in [3.8, 4) is 11.5 Å². The summed E-state index contributed by atoms with van der Waals surface area (Å²) < 4.78 is 17.1. The highest BCUT2D eigenvalue weighted by atomic mass is 16.6. The topological polar surface area (TPSA) is 250 Å². The minimum absolute atomic E-state index is 0.0390. The van der Waals surface area contributed by atoms with E-state index in [4.69, 9.17) is 19.8 Å². The van der Waals surface area contributed by atoms with Gasteiger partial charge in [0.2, 0.25) is 11.7 Å². The van der Waals surface area contributed by atoms with Crippen molar-refractivity contribution < 1.29 is 58.8 Å². The van der Waals surface area contributed by atoms with E-state index in [9.17, 15) is 44.7 Å². The molecule has 2 heterocycles. The SMILES string of the molecule is C[C@H]1c2ccc(NCCC(=O)Nc3cc4c5c(c3)OCCOB5OC4)c(O)c2C(=O)C2=C(O)[C@]3(O)C(=O)C(C(N)=O)=C(O)[C@@H](N(C)C)[C@@H]3[C@@H](O)[C@@H]21. The third-order valence-electron chi connectivity index (χ3n) is 10.5. The number of anilines is 2. The molecule has 0 spiro atoms. The number of primary amides is 1. The first-order chi connectivity index (χ1) is 24.2. The fourth-order valence-electron chi connectivity index (χ4n) is 8.25. The molecule has 6 atom stereocenters. The molecule has 0 aromatic heterocycles. The third kappa shape index (κ3) is 5.10. The number of hydrogen-bond donors (Lipinski definition) is 8. The van der Waals surface area contributed by atoms with E-state index in [1.54, 1.807) is 25.1 Å². The van der Waals surface area contributed by atoms with Crippen LogP contribution in [0.25, 0.3) is 0 Å². The van der Waals surface area contributed by atoms with Crippen molar-refractivity contribution in [1.82, 2.24) is 4.90 Å². The maximum Gasteiger partial charge on any atom is 0.498 e. The van der Waals surface area contributed by atoms with E-state index in [1.165, 1.54) is 25.1 Å². The summed E-state index contributed by atoms with van der Waals surface area (Å²) in [7, 11) is 2.44. The summed E-state index contributed by atoms with van der Waals surface area (Å²) in [5.41, 5.74) is 3.23. The summed E-state index contributed by atoms with van der Waals surface area (Å²) in [6, 6.07) is 5.23. The van der Waals surface area contributed by atoms with Gasteiger partial charge < -0.3 is 55.9 Å². The van der Waals surface area contributed by atoms with Crippen LogP contribution >= 0.6 is 0 Å². The van der Waals surface area contributed by atoms with Crippen molar-refractivity contribution in [2.45, 2.75) is 43.6 Å². The molecule has 7 rings (SSSR count). The molecular weight excluding hydrogens is 667 g/mol. The zero-order valence-corrected chi connectivity index (χ0v) is 27.9. The van der Waals surface area contributed by atoms with Crippen molar-refractivity contribution >= 4 is 47.3 Å².